The number of nitrogen functional groups attached to an aromatic ring is 1. The van der Waals surface area contributed by atoms with Crippen LogP contribution in [0.25, 0.3) is 0 Å². The first-order chi connectivity index (χ1) is 8.02. The number of nitrogens with zero attached hydrogens (tertiary/aromatic N) is 2. The normalized spacial score (nSPS) is 28.5. The van der Waals surface area contributed by atoms with Gasteiger partial charge in [-0.1, -0.05) is 0 Å². The molecule has 2 rings (SSSR count). The van der Waals surface area contributed by atoms with Gasteiger partial charge in [0.05, 0.1) is 16.3 Å². The summed E-state index contributed by atoms with van der Waals surface area (Å²) in [6, 6.07) is 0. The van der Waals surface area contributed by atoms with Crippen molar-refractivity contribution in [3.8, 4) is 0 Å². The van der Waals surface area contributed by atoms with E-state index >= 15 is 0 Å². The first-order valence-corrected chi connectivity index (χ1v) is 6.09. The number of aromatic nitrogens is 2. The second-order valence-corrected chi connectivity index (χ2v) is 4.96. The van der Waals surface area contributed by atoms with Crippen LogP contribution in [0.3, 0.4) is 0 Å². The summed E-state index contributed by atoms with van der Waals surface area (Å²) in [6.07, 6.45) is -0.350. The fourth-order valence-electron chi connectivity index (χ4n) is 1.74. The van der Waals surface area contributed by atoms with Crippen molar-refractivity contribution in [1.29, 1.82) is 0 Å². The average Bonchev–Trinajstić information content (AvgIpc) is 2.65. The highest BCUT2D eigenvalue weighted by molar-refractivity contribution is 14.1. The fraction of sp³-hybridized carbons (Fsp3) is 0.556. The molecule has 1 aliphatic rings. The molecule has 0 aromatic carbocycles. The number of aliphatic hydroxyl groups is 2. The number of halogens is 1. The van der Waals surface area contributed by atoms with Crippen molar-refractivity contribution < 1.29 is 14.9 Å². The molecule has 0 aliphatic carbocycles. The summed E-state index contributed by atoms with van der Waals surface area (Å²) in [5, 5.41) is 18.7. The highest BCUT2D eigenvalue weighted by Gasteiger charge is 2.35. The number of aliphatic hydroxyl groups excluding tert-OH is 2. The van der Waals surface area contributed by atoms with E-state index in [1.54, 1.807) is 0 Å². The van der Waals surface area contributed by atoms with E-state index in [1.165, 1.54) is 10.8 Å². The molecule has 3 atom stereocenters. The summed E-state index contributed by atoms with van der Waals surface area (Å²) in [5.41, 5.74) is 4.92. The van der Waals surface area contributed by atoms with Crippen molar-refractivity contribution in [3.63, 3.8) is 0 Å². The standard InChI is InChI=1S/C9H12IN3O4/c10-5-2-13(9(16)12-7(5)11)8-6(15)1-4(3-14)17-8/h2,4,6,8,14-15H,1,3H2,(H2,11,12,16)/t4-,6-,8+/m0/s1. The van der Waals surface area contributed by atoms with Gasteiger partial charge in [0.25, 0.3) is 0 Å². The van der Waals surface area contributed by atoms with Crippen LogP contribution in [0.1, 0.15) is 12.6 Å². The van der Waals surface area contributed by atoms with Crippen molar-refractivity contribution in [2.24, 2.45) is 0 Å². The third kappa shape index (κ3) is 2.44. The van der Waals surface area contributed by atoms with Gasteiger partial charge in [0, 0.05) is 12.6 Å². The molecule has 1 fully saturated rings. The molecule has 4 N–H and O–H groups in total. The summed E-state index contributed by atoms with van der Waals surface area (Å²) in [6.45, 7) is -0.193. The molecule has 2 heterocycles. The molecule has 1 aliphatic heterocycles. The maximum Gasteiger partial charge on any atom is 0.351 e. The van der Waals surface area contributed by atoms with Crippen LogP contribution in [0.5, 0.6) is 0 Å². The van der Waals surface area contributed by atoms with Gasteiger partial charge in [-0.3, -0.25) is 4.57 Å². The smallest absolute Gasteiger partial charge is 0.351 e. The average molecular weight is 353 g/mol. The summed E-state index contributed by atoms with van der Waals surface area (Å²) in [5.74, 6) is 0.151. The largest absolute Gasteiger partial charge is 0.394 e. The summed E-state index contributed by atoms with van der Waals surface area (Å²) >= 11 is 1.94. The van der Waals surface area contributed by atoms with Gasteiger partial charge in [-0.05, 0) is 22.6 Å². The molecule has 7 nitrogen and oxygen atoms in total. The third-order valence-electron chi connectivity index (χ3n) is 2.58. The Morgan fingerprint density at radius 2 is 2.41 bits per heavy atom. The van der Waals surface area contributed by atoms with Gasteiger partial charge in [0.1, 0.15) is 11.9 Å². The number of nitrogens with two attached hydrogens (primary N) is 1. The van der Waals surface area contributed by atoms with E-state index in [0.29, 0.717) is 3.57 Å². The first-order valence-electron chi connectivity index (χ1n) is 5.01. The molecule has 8 heteroatoms. The van der Waals surface area contributed by atoms with E-state index in [-0.39, 0.29) is 18.8 Å². The molecule has 1 saturated heterocycles. The Morgan fingerprint density at radius 3 is 3.00 bits per heavy atom. The van der Waals surface area contributed by atoms with Gasteiger partial charge in [0.2, 0.25) is 0 Å². The van der Waals surface area contributed by atoms with E-state index in [1.807, 2.05) is 22.6 Å². The van der Waals surface area contributed by atoms with E-state index < -0.39 is 24.1 Å². The highest BCUT2D eigenvalue weighted by atomic mass is 127. The molecule has 0 amide bonds. The van der Waals surface area contributed by atoms with Crippen LogP contribution in [0.2, 0.25) is 0 Å². The SMILES string of the molecule is Nc1nc(=O)n([C@@H]2O[C@H](CO)C[C@@H]2O)cc1I. The number of rotatable bonds is 2. The molecule has 0 saturated carbocycles. The van der Waals surface area contributed by atoms with Crippen LogP contribution in [0.4, 0.5) is 5.82 Å². The Labute approximate surface area is 110 Å². The summed E-state index contributed by atoms with van der Waals surface area (Å²) in [7, 11) is 0. The Morgan fingerprint density at radius 1 is 1.71 bits per heavy atom. The number of ether oxygens (including phenoxy) is 1. The van der Waals surface area contributed by atoms with Crippen LogP contribution in [-0.4, -0.2) is 38.6 Å². The lowest BCUT2D eigenvalue weighted by Gasteiger charge is -2.17. The molecule has 0 radical (unpaired) electrons. The first kappa shape index (κ1) is 12.7. The van der Waals surface area contributed by atoms with Gasteiger partial charge >= 0.3 is 5.69 Å². The van der Waals surface area contributed by atoms with Gasteiger partial charge in [-0.15, -0.1) is 0 Å². The summed E-state index contributed by atoms with van der Waals surface area (Å²) in [4.78, 5) is 15.3. The highest BCUT2D eigenvalue weighted by Crippen LogP contribution is 2.27. The minimum Gasteiger partial charge on any atom is -0.394 e. The Kier molecular flexibility index (Phi) is 3.66. The zero-order valence-electron chi connectivity index (χ0n) is 8.78. The van der Waals surface area contributed by atoms with Crippen molar-refractivity contribution in [2.75, 3.05) is 12.3 Å². The van der Waals surface area contributed by atoms with Crippen molar-refractivity contribution in [1.82, 2.24) is 9.55 Å². The van der Waals surface area contributed by atoms with Crippen molar-refractivity contribution in [3.05, 3.63) is 20.3 Å². The van der Waals surface area contributed by atoms with Crippen LogP contribution >= 0.6 is 22.6 Å². The monoisotopic (exact) mass is 353 g/mol. The van der Waals surface area contributed by atoms with Crippen LogP contribution in [0, 0.1) is 3.57 Å². The minimum atomic E-state index is -0.842. The molecule has 17 heavy (non-hydrogen) atoms. The van der Waals surface area contributed by atoms with Crippen molar-refractivity contribution >= 4 is 28.4 Å². The van der Waals surface area contributed by atoms with Gasteiger partial charge in [0.15, 0.2) is 6.23 Å². The maximum absolute atomic E-state index is 11.6. The lowest BCUT2D eigenvalue weighted by atomic mass is 10.2. The maximum atomic E-state index is 11.6. The third-order valence-corrected chi connectivity index (χ3v) is 3.41. The predicted octanol–water partition coefficient (Wildman–Crippen LogP) is -0.929. The fourth-order valence-corrected chi connectivity index (χ4v) is 2.16. The lowest BCUT2D eigenvalue weighted by Crippen LogP contribution is -2.32. The molecule has 0 bridgehead atoms. The second kappa shape index (κ2) is 4.88. The van der Waals surface area contributed by atoms with Crippen LogP contribution in [0.15, 0.2) is 11.0 Å². The molecule has 0 spiro atoms. The molecular weight excluding hydrogens is 341 g/mol. The Hall–Kier alpha value is -0.710. The zero-order chi connectivity index (χ0) is 12.6. The quantitative estimate of drug-likeness (QED) is 0.593. The molecule has 94 valence electrons. The van der Waals surface area contributed by atoms with E-state index in [0.717, 1.165) is 0 Å². The topological polar surface area (TPSA) is 111 Å². The molecule has 1 aromatic heterocycles. The molecular formula is C9H12IN3O4. The number of hydrogen-bond acceptors (Lipinski definition) is 6. The second-order valence-electron chi connectivity index (χ2n) is 3.80. The summed E-state index contributed by atoms with van der Waals surface area (Å²) < 4.78 is 7.16. The van der Waals surface area contributed by atoms with Gasteiger partial charge in [-0.2, -0.15) is 4.98 Å². The van der Waals surface area contributed by atoms with E-state index in [2.05, 4.69) is 4.98 Å². The van der Waals surface area contributed by atoms with Crippen molar-refractivity contribution in [2.45, 2.75) is 24.9 Å². The lowest BCUT2D eigenvalue weighted by molar-refractivity contribution is -0.0530. The zero-order valence-corrected chi connectivity index (χ0v) is 10.9. The van der Waals surface area contributed by atoms with Gasteiger partial charge in [-0.25, -0.2) is 4.79 Å². The Balaban J connectivity index is 2.35. The van der Waals surface area contributed by atoms with E-state index in [4.69, 9.17) is 15.6 Å². The minimum absolute atomic E-state index is 0.151. The number of anilines is 1. The Bertz CT molecular complexity index is 478. The molecule has 1 aromatic rings. The molecule has 0 unspecified atom stereocenters. The van der Waals surface area contributed by atoms with Gasteiger partial charge < -0.3 is 20.7 Å². The predicted molar refractivity (Wildman–Crippen MR) is 67.2 cm³/mol. The van der Waals surface area contributed by atoms with Crippen LogP contribution < -0.4 is 11.4 Å². The van der Waals surface area contributed by atoms with Crippen LogP contribution in [-0.2, 0) is 4.74 Å². The number of hydrogen-bond donors (Lipinski definition) is 3. The van der Waals surface area contributed by atoms with E-state index in [9.17, 15) is 9.90 Å².